The second kappa shape index (κ2) is 58.4. The summed E-state index contributed by atoms with van der Waals surface area (Å²) < 4.78 is 30.7. The summed E-state index contributed by atoms with van der Waals surface area (Å²) in [5.41, 5.74) is 0. The van der Waals surface area contributed by atoms with Crippen LogP contribution in [0.3, 0.4) is 0 Å². The van der Waals surface area contributed by atoms with E-state index in [-0.39, 0.29) is 25.5 Å². The van der Waals surface area contributed by atoms with Gasteiger partial charge in [0, 0.05) is 12.8 Å². The molecule has 0 aliphatic rings. The number of nitrogens with zero attached hydrogens (tertiary/aromatic N) is 1. The zero-order valence-electron chi connectivity index (χ0n) is 52.3. The number of rotatable bonds is 59. The number of carbonyl (C=O) groups excluding carboxylic acids is 2. The maximum absolute atomic E-state index is 13.6. The molecule has 0 saturated carbocycles. The summed E-state index contributed by atoms with van der Waals surface area (Å²) >= 11 is 0. The third-order valence-corrected chi connectivity index (χ3v) is 15.3. The van der Waals surface area contributed by atoms with Crippen LogP contribution >= 0.6 is 7.82 Å². The minimum Gasteiger partial charge on any atom is -0.456 e. The van der Waals surface area contributed by atoms with Gasteiger partial charge in [-0.2, -0.15) is 0 Å². The minimum atomic E-state index is -4.47. The van der Waals surface area contributed by atoms with Gasteiger partial charge in [0.05, 0.1) is 33.8 Å². The Morgan fingerprint density at radius 1 is 0.456 bits per heavy atom. The maximum Gasteiger partial charge on any atom is 0.472 e. The molecular formula is C69H126N2O7P+. The van der Waals surface area contributed by atoms with E-state index in [1.54, 1.807) is 0 Å². The number of unbranched alkanes of at least 4 members (excludes halogenated alkanes) is 31. The van der Waals surface area contributed by atoms with Crippen LogP contribution in [0.1, 0.15) is 290 Å². The topological polar surface area (TPSA) is 111 Å². The summed E-state index contributed by atoms with van der Waals surface area (Å²) in [5, 5.41) is 3.05. The Hall–Kier alpha value is -2.81. The lowest BCUT2D eigenvalue weighted by atomic mass is 10.0. The molecule has 0 aromatic carbocycles. The van der Waals surface area contributed by atoms with Crippen molar-refractivity contribution in [1.29, 1.82) is 0 Å². The second-order valence-electron chi connectivity index (χ2n) is 23.3. The highest BCUT2D eigenvalue weighted by Gasteiger charge is 2.30. The number of likely N-dealkylation sites (N-methyl/N-ethyl adjacent to an activating group) is 1. The van der Waals surface area contributed by atoms with Crippen LogP contribution < -0.4 is 5.32 Å². The third kappa shape index (κ3) is 59.6. The average molecular weight is 1130 g/mol. The normalized spacial score (nSPS) is 14.2. The van der Waals surface area contributed by atoms with E-state index in [1.165, 1.54) is 173 Å². The van der Waals surface area contributed by atoms with Crippen molar-refractivity contribution in [2.24, 2.45) is 0 Å². The number of carbonyl (C=O) groups is 2. The van der Waals surface area contributed by atoms with Crippen LogP contribution in [-0.2, 0) is 27.9 Å². The monoisotopic (exact) mass is 1130 g/mol. The molecule has 0 aromatic rings. The Morgan fingerprint density at radius 3 is 1.22 bits per heavy atom. The molecule has 458 valence electrons. The zero-order valence-corrected chi connectivity index (χ0v) is 53.2. The number of quaternary nitrogens is 1. The Labute approximate surface area is 488 Å². The summed E-state index contributed by atoms with van der Waals surface area (Å²) in [4.78, 5) is 37.8. The Kier molecular flexibility index (Phi) is 56.3. The van der Waals surface area contributed by atoms with Crippen molar-refractivity contribution in [3.63, 3.8) is 0 Å². The third-order valence-electron chi connectivity index (χ3n) is 14.4. The van der Waals surface area contributed by atoms with Gasteiger partial charge in [-0.25, -0.2) is 4.57 Å². The summed E-state index contributed by atoms with van der Waals surface area (Å²) in [6.45, 7) is 6.88. The van der Waals surface area contributed by atoms with E-state index in [9.17, 15) is 19.0 Å². The molecule has 1 amide bonds. The predicted octanol–water partition coefficient (Wildman–Crippen LogP) is 20.6. The fourth-order valence-corrected chi connectivity index (χ4v) is 10.1. The average Bonchev–Trinajstić information content (AvgIpc) is 3.41. The number of hydrogen-bond donors (Lipinski definition) is 2. The van der Waals surface area contributed by atoms with Crippen LogP contribution in [0.5, 0.6) is 0 Å². The van der Waals surface area contributed by atoms with E-state index in [4.69, 9.17) is 13.8 Å². The zero-order chi connectivity index (χ0) is 57.9. The Balaban J connectivity index is 5.30. The first kappa shape index (κ1) is 76.2. The van der Waals surface area contributed by atoms with Gasteiger partial charge in [0.25, 0.3) is 0 Å². The maximum atomic E-state index is 13.6. The number of allylic oxidation sites excluding steroid dienone is 13. The van der Waals surface area contributed by atoms with E-state index < -0.39 is 25.9 Å². The molecule has 0 heterocycles. The fraction of sp³-hybridized carbons (Fsp3) is 0.768. The SMILES string of the molecule is CC/C=C\C/C=C\C/C=C\C/C=C\C/C=C\C/C=C\CCC(=O)OC(/C=C/CCCCCCCCCCCCC)C(COP(=O)(O)OCC[N+](C)(C)C)NC(=O)CCCCCCCCCCCCCCCCCCCCCCC. The van der Waals surface area contributed by atoms with Gasteiger partial charge in [0.2, 0.25) is 5.91 Å². The van der Waals surface area contributed by atoms with Gasteiger partial charge in [-0.15, -0.1) is 0 Å². The van der Waals surface area contributed by atoms with E-state index >= 15 is 0 Å². The lowest BCUT2D eigenvalue weighted by Gasteiger charge is -2.27. The molecule has 10 heteroatoms. The molecule has 0 aliphatic carbocycles. The quantitative estimate of drug-likeness (QED) is 0.0205. The lowest BCUT2D eigenvalue weighted by Crippen LogP contribution is -2.47. The van der Waals surface area contributed by atoms with Crippen LogP contribution in [0.4, 0.5) is 0 Å². The molecule has 2 N–H and O–H groups in total. The Morgan fingerprint density at radius 2 is 0.823 bits per heavy atom. The van der Waals surface area contributed by atoms with Gasteiger partial charge in [-0.1, -0.05) is 292 Å². The highest BCUT2D eigenvalue weighted by molar-refractivity contribution is 7.47. The molecule has 0 fully saturated rings. The lowest BCUT2D eigenvalue weighted by molar-refractivity contribution is -0.870. The highest BCUT2D eigenvalue weighted by Crippen LogP contribution is 2.43. The molecule has 0 saturated heterocycles. The van der Waals surface area contributed by atoms with Gasteiger partial charge < -0.3 is 19.4 Å². The second-order valence-corrected chi connectivity index (χ2v) is 24.7. The van der Waals surface area contributed by atoms with E-state index in [1.807, 2.05) is 39.4 Å². The summed E-state index contributed by atoms with van der Waals surface area (Å²) in [6, 6.07) is -0.881. The molecule has 0 aromatic heterocycles. The van der Waals surface area contributed by atoms with Crippen LogP contribution in [0.15, 0.2) is 85.1 Å². The number of ether oxygens (including phenoxy) is 1. The molecular weight excluding hydrogens is 1000 g/mol. The molecule has 0 bridgehead atoms. The molecule has 0 spiro atoms. The van der Waals surface area contributed by atoms with Crippen molar-refractivity contribution in [3.8, 4) is 0 Å². The van der Waals surface area contributed by atoms with E-state index in [2.05, 4.69) is 92.9 Å². The Bertz CT molecular complexity index is 1630. The van der Waals surface area contributed by atoms with Gasteiger partial charge in [0.1, 0.15) is 19.3 Å². The number of phosphoric acid groups is 1. The van der Waals surface area contributed by atoms with Gasteiger partial charge >= 0.3 is 13.8 Å². The number of hydrogen-bond acceptors (Lipinski definition) is 6. The van der Waals surface area contributed by atoms with E-state index in [0.29, 0.717) is 23.9 Å². The van der Waals surface area contributed by atoms with E-state index in [0.717, 1.165) is 77.0 Å². The van der Waals surface area contributed by atoms with Gasteiger partial charge in [0.15, 0.2) is 0 Å². The summed E-state index contributed by atoms with van der Waals surface area (Å²) in [7, 11) is 1.46. The number of nitrogens with one attached hydrogen (secondary N) is 1. The largest absolute Gasteiger partial charge is 0.472 e. The van der Waals surface area contributed by atoms with Crippen molar-refractivity contribution in [2.75, 3.05) is 40.9 Å². The summed E-state index contributed by atoms with van der Waals surface area (Å²) in [5.74, 6) is -0.596. The fourth-order valence-electron chi connectivity index (χ4n) is 9.32. The molecule has 79 heavy (non-hydrogen) atoms. The van der Waals surface area contributed by atoms with Crippen molar-refractivity contribution in [2.45, 2.75) is 303 Å². The molecule has 9 nitrogen and oxygen atoms in total. The van der Waals surface area contributed by atoms with Gasteiger partial charge in [-0.3, -0.25) is 18.6 Å². The van der Waals surface area contributed by atoms with Crippen molar-refractivity contribution >= 4 is 19.7 Å². The molecule has 3 atom stereocenters. The van der Waals surface area contributed by atoms with Gasteiger partial charge in [-0.05, 0) is 70.3 Å². The highest BCUT2D eigenvalue weighted by atomic mass is 31.2. The first-order valence-corrected chi connectivity index (χ1v) is 34.4. The van der Waals surface area contributed by atoms with Crippen LogP contribution in [0.25, 0.3) is 0 Å². The molecule has 3 unspecified atom stereocenters. The smallest absolute Gasteiger partial charge is 0.456 e. The first-order valence-electron chi connectivity index (χ1n) is 32.9. The van der Waals surface area contributed by atoms with Crippen molar-refractivity contribution in [1.82, 2.24) is 5.32 Å². The molecule has 0 aliphatic heterocycles. The van der Waals surface area contributed by atoms with Crippen molar-refractivity contribution in [3.05, 3.63) is 85.1 Å². The number of esters is 1. The van der Waals surface area contributed by atoms with Crippen LogP contribution in [0.2, 0.25) is 0 Å². The minimum absolute atomic E-state index is 0.0274. The number of phosphoric ester groups is 1. The standard InChI is InChI=1S/C69H125N2O7P/c1-7-10-13-16-19-22-25-28-30-32-34-35-37-38-40-43-46-49-52-55-58-61-68(72)70-66(65-77-79(74,75)76-64-63-71(4,5)6)67(60-57-54-51-48-45-42-27-24-21-18-15-12-9-3)78-69(73)62-59-56-53-50-47-44-41-39-36-33-31-29-26-23-20-17-14-11-8-2/h11,14,20,23,29,31,36,39,44,47,53,56-57,60,66-67H,7-10,12-13,15-19,21-22,24-28,30,32-35,37-38,40-43,45-46,48-52,54-55,58-59,61-65H2,1-6H3,(H-,70,72,74,75)/p+1/b14-11-,23-20-,31-29-,39-36-,47-44-,56-53-,60-57+. The van der Waals surface area contributed by atoms with Crippen LogP contribution in [-0.4, -0.2) is 74.3 Å². The van der Waals surface area contributed by atoms with Crippen LogP contribution in [0, 0.1) is 0 Å². The number of amides is 1. The first-order chi connectivity index (χ1) is 38.4. The van der Waals surface area contributed by atoms with Crippen molar-refractivity contribution < 1.29 is 37.3 Å². The molecule has 0 radical (unpaired) electrons. The molecule has 0 rings (SSSR count). The predicted molar refractivity (Wildman–Crippen MR) is 341 cm³/mol. The summed E-state index contributed by atoms with van der Waals surface area (Å²) in [6.07, 6.45) is 77.5.